The van der Waals surface area contributed by atoms with Crippen LogP contribution in [0.25, 0.3) is 0 Å². The number of rotatable bonds is 4. The van der Waals surface area contributed by atoms with Gasteiger partial charge in [0.2, 0.25) is 0 Å². The molecule has 1 aromatic carbocycles. The van der Waals surface area contributed by atoms with Gasteiger partial charge in [0.1, 0.15) is 0 Å². The van der Waals surface area contributed by atoms with Gasteiger partial charge in [0.05, 0.1) is 0 Å². The van der Waals surface area contributed by atoms with Crippen LogP contribution in [0.1, 0.15) is 22.8 Å². The lowest BCUT2D eigenvalue weighted by Crippen LogP contribution is -2.26. The minimum atomic E-state index is -3.39. The molecule has 0 aliphatic rings. The van der Waals surface area contributed by atoms with E-state index < -0.39 is 19.8 Å². The number of carbonyl (C=O) groups is 1. The molecule has 88 valence electrons. The normalized spacial score (nSPS) is 13.4. The number of aryl methyl sites for hydroxylation is 1. The minimum absolute atomic E-state index is 0.0551. The molecule has 0 saturated carbocycles. The summed E-state index contributed by atoms with van der Waals surface area (Å²) in [6, 6.07) is 6.89. The fraction of sp³-hybridized carbons (Fsp3) is 0.364. The highest BCUT2D eigenvalue weighted by molar-refractivity contribution is 9.11. The lowest BCUT2D eigenvalue weighted by atomic mass is 10.1. The van der Waals surface area contributed by atoms with Crippen LogP contribution in [-0.4, -0.2) is 24.1 Å². The maximum absolute atomic E-state index is 11.9. The highest BCUT2D eigenvalue weighted by atomic mass is 79.9. The van der Waals surface area contributed by atoms with Crippen molar-refractivity contribution in [1.29, 1.82) is 0 Å². The van der Waals surface area contributed by atoms with Gasteiger partial charge < -0.3 is 0 Å². The average molecular weight is 305 g/mol. The van der Waals surface area contributed by atoms with E-state index in [1.54, 1.807) is 18.2 Å². The van der Waals surface area contributed by atoms with Crippen molar-refractivity contribution in [2.75, 3.05) is 5.75 Å². The molecule has 5 heteroatoms. The van der Waals surface area contributed by atoms with Gasteiger partial charge in [0, 0.05) is 11.3 Å². The smallest absolute Gasteiger partial charge is 0.191 e. The second-order valence-corrected chi connectivity index (χ2v) is 7.40. The van der Waals surface area contributed by atoms with E-state index in [0.29, 0.717) is 5.56 Å². The number of alkyl halides is 1. The van der Waals surface area contributed by atoms with Crippen molar-refractivity contribution in [2.45, 2.75) is 18.0 Å². The monoisotopic (exact) mass is 304 g/mol. The topological polar surface area (TPSA) is 51.2 Å². The molecule has 0 amide bonds. The van der Waals surface area contributed by atoms with E-state index in [2.05, 4.69) is 15.9 Å². The van der Waals surface area contributed by atoms with Crippen molar-refractivity contribution in [1.82, 2.24) is 0 Å². The Kier molecular flexibility index (Phi) is 4.27. The fourth-order valence-corrected chi connectivity index (χ4v) is 3.05. The number of halogens is 1. The number of ketones is 1. The Morgan fingerprint density at radius 1 is 1.44 bits per heavy atom. The summed E-state index contributed by atoms with van der Waals surface area (Å²) < 4.78 is 21.9. The lowest BCUT2D eigenvalue weighted by molar-refractivity contribution is 0.101. The summed E-state index contributed by atoms with van der Waals surface area (Å²) in [6.45, 7) is 3.38. The van der Waals surface area contributed by atoms with Crippen molar-refractivity contribution < 1.29 is 13.2 Å². The molecule has 0 bridgehead atoms. The minimum Gasteiger partial charge on any atom is -0.292 e. The Morgan fingerprint density at radius 2 is 2.06 bits per heavy atom. The van der Waals surface area contributed by atoms with E-state index in [9.17, 15) is 13.2 Å². The van der Waals surface area contributed by atoms with Crippen LogP contribution >= 0.6 is 15.9 Å². The molecule has 1 aromatic rings. The van der Waals surface area contributed by atoms with E-state index >= 15 is 0 Å². The highest BCUT2D eigenvalue weighted by Crippen LogP contribution is 2.17. The third kappa shape index (κ3) is 2.92. The van der Waals surface area contributed by atoms with Crippen LogP contribution in [0.15, 0.2) is 24.3 Å². The summed E-state index contributed by atoms with van der Waals surface area (Å²) in [5.41, 5.74) is 1.35. The van der Waals surface area contributed by atoms with Crippen molar-refractivity contribution in [3.8, 4) is 0 Å². The van der Waals surface area contributed by atoms with Crippen molar-refractivity contribution in [3.05, 3.63) is 35.4 Å². The molecule has 3 nitrogen and oxygen atoms in total. The summed E-state index contributed by atoms with van der Waals surface area (Å²) >= 11 is 2.95. The van der Waals surface area contributed by atoms with Gasteiger partial charge in [-0.1, -0.05) is 46.6 Å². The van der Waals surface area contributed by atoms with Gasteiger partial charge in [-0.05, 0) is 13.0 Å². The van der Waals surface area contributed by atoms with Crippen LogP contribution in [0.2, 0.25) is 0 Å². The molecular formula is C11H13BrO3S. The van der Waals surface area contributed by atoms with Crippen LogP contribution in [-0.2, 0) is 9.84 Å². The summed E-state index contributed by atoms with van der Waals surface area (Å²) in [6.07, 6.45) is 0. The number of hydrogen-bond acceptors (Lipinski definition) is 3. The summed E-state index contributed by atoms with van der Waals surface area (Å²) in [5.74, 6) is -0.467. The fourth-order valence-electron chi connectivity index (χ4n) is 1.24. The van der Waals surface area contributed by atoms with E-state index in [-0.39, 0.29) is 5.75 Å². The number of carbonyl (C=O) groups excluding carboxylic acids is 1. The second kappa shape index (κ2) is 5.10. The van der Waals surface area contributed by atoms with Crippen molar-refractivity contribution >= 4 is 31.6 Å². The van der Waals surface area contributed by atoms with Gasteiger partial charge in [0.15, 0.2) is 19.8 Å². The van der Waals surface area contributed by atoms with Crippen molar-refractivity contribution in [3.63, 3.8) is 0 Å². The molecule has 1 atom stereocenters. The molecule has 0 aliphatic heterocycles. The molecular weight excluding hydrogens is 292 g/mol. The zero-order chi connectivity index (χ0) is 12.3. The first-order valence-electron chi connectivity index (χ1n) is 4.85. The first-order chi connectivity index (χ1) is 7.38. The van der Waals surface area contributed by atoms with Crippen molar-refractivity contribution in [2.24, 2.45) is 0 Å². The SMILES string of the molecule is CCS(=O)(=O)C(Br)C(=O)c1cccc(C)c1. The number of sulfone groups is 1. The lowest BCUT2D eigenvalue weighted by Gasteiger charge is -2.09. The molecule has 0 N–H and O–H groups in total. The van der Waals surface area contributed by atoms with Gasteiger partial charge in [-0.25, -0.2) is 8.42 Å². The molecule has 16 heavy (non-hydrogen) atoms. The zero-order valence-corrected chi connectivity index (χ0v) is 11.5. The van der Waals surface area contributed by atoms with Crippen LogP contribution < -0.4 is 0 Å². The Labute approximate surface area is 104 Å². The summed E-state index contributed by atoms with van der Waals surface area (Å²) in [7, 11) is -3.39. The number of Topliss-reactive ketones (excluding diaryl/α,β-unsaturated/α-hetero) is 1. The Balaban J connectivity index is 3.04. The van der Waals surface area contributed by atoms with E-state index in [4.69, 9.17) is 0 Å². The predicted molar refractivity (Wildman–Crippen MR) is 67.7 cm³/mol. The first-order valence-corrected chi connectivity index (χ1v) is 7.48. The Hall–Kier alpha value is -0.680. The van der Waals surface area contributed by atoms with E-state index in [1.165, 1.54) is 6.92 Å². The highest BCUT2D eigenvalue weighted by Gasteiger charge is 2.28. The molecule has 1 rings (SSSR count). The predicted octanol–water partition coefficient (Wildman–Crippen LogP) is 2.33. The van der Waals surface area contributed by atoms with Crippen LogP contribution in [0.3, 0.4) is 0 Å². The molecule has 0 spiro atoms. The van der Waals surface area contributed by atoms with Crippen LogP contribution in [0, 0.1) is 6.92 Å². The average Bonchev–Trinajstić information content (AvgIpc) is 2.27. The second-order valence-electron chi connectivity index (χ2n) is 3.50. The standard InChI is InChI=1S/C11H13BrO3S/c1-3-16(14,15)11(12)10(13)9-6-4-5-8(2)7-9/h4-7,11H,3H2,1-2H3. The van der Waals surface area contributed by atoms with E-state index in [0.717, 1.165) is 5.56 Å². The quantitative estimate of drug-likeness (QED) is 0.634. The van der Waals surface area contributed by atoms with E-state index in [1.807, 2.05) is 13.0 Å². The maximum Gasteiger partial charge on any atom is 0.191 e. The maximum atomic E-state index is 11.9. The molecule has 0 aromatic heterocycles. The number of benzene rings is 1. The number of hydrogen-bond donors (Lipinski definition) is 0. The third-order valence-corrected chi connectivity index (χ3v) is 6.00. The molecule has 0 aliphatic carbocycles. The summed E-state index contributed by atoms with van der Waals surface area (Å²) in [4.78, 5) is 11.9. The molecule has 1 unspecified atom stereocenters. The van der Waals surface area contributed by atoms with Gasteiger partial charge in [0.25, 0.3) is 0 Å². The van der Waals surface area contributed by atoms with Gasteiger partial charge in [-0.3, -0.25) is 4.79 Å². The van der Waals surface area contributed by atoms with Gasteiger partial charge >= 0.3 is 0 Å². The Morgan fingerprint density at radius 3 is 2.56 bits per heavy atom. The molecule has 0 heterocycles. The van der Waals surface area contributed by atoms with Gasteiger partial charge in [-0.2, -0.15) is 0 Å². The first kappa shape index (κ1) is 13.4. The third-order valence-electron chi connectivity index (χ3n) is 2.23. The molecule has 0 saturated heterocycles. The largest absolute Gasteiger partial charge is 0.292 e. The Bertz CT molecular complexity index is 494. The summed E-state index contributed by atoms with van der Waals surface area (Å²) in [5, 5.41) is 0. The molecule has 0 fully saturated rings. The zero-order valence-electron chi connectivity index (χ0n) is 9.10. The van der Waals surface area contributed by atoms with Crippen LogP contribution in [0.4, 0.5) is 0 Å². The van der Waals surface area contributed by atoms with Gasteiger partial charge in [-0.15, -0.1) is 0 Å². The van der Waals surface area contributed by atoms with Crippen LogP contribution in [0.5, 0.6) is 0 Å². The molecule has 0 radical (unpaired) electrons.